The number of benzene rings is 1. The molecule has 0 bridgehead atoms. The van der Waals surface area contributed by atoms with Gasteiger partial charge in [0.15, 0.2) is 17.7 Å². The van der Waals surface area contributed by atoms with E-state index in [0.717, 1.165) is 0 Å². The molecule has 8 nitrogen and oxygen atoms in total. The number of nitro groups is 1. The summed E-state index contributed by atoms with van der Waals surface area (Å²) < 4.78 is 10.3. The second-order valence-electron chi connectivity index (χ2n) is 4.55. The van der Waals surface area contributed by atoms with Gasteiger partial charge in [0, 0.05) is 12.1 Å². The Hall–Kier alpha value is -2.90. The molecule has 0 aliphatic heterocycles. The molecule has 8 heteroatoms. The molecular formula is C14H15N3O5. The van der Waals surface area contributed by atoms with Crippen molar-refractivity contribution in [1.29, 1.82) is 0 Å². The van der Waals surface area contributed by atoms with E-state index < -0.39 is 16.9 Å². The van der Waals surface area contributed by atoms with Gasteiger partial charge < -0.3 is 14.6 Å². The van der Waals surface area contributed by atoms with Gasteiger partial charge in [-0.25, -0.2) is 0 Å². The molecule has 1 atom stereocenters. The van der Waals surface area contributed by atoms with Gasteiger partial charge in [-0.3, -0.25) is 14.9 Å². The second-order valence-corrected chi connectivity index (χ2v) is 4.55. The number of anilines is 1. The van der Waals surface area contributed by atoms with Crippen LogP contribution >= 0.6 is 0 Å². The Kier molecular flexibility index (Phi) is 4.72. The van der Waals surface area contributed by atoms with Crippen LogP contribution in [0.25, 0.3) is 0 Å². The van der Waals surface area contributed by atoms with E-state index in [0.29, 0.717) is 12.2 Å². The predicted molar refractivity (Wildman–Crippen MR) is 77.7 cm³/mol. The molecule has 0 fully saturated rings. The van der Waals surface area contributed by atoms with Gasteiger partial charge in [0.1, 0.15) is 5.76 Å². The molecule has 0 saturated heterocycles. The Labute approximate surface area is 126 Å². The molecule has 2 aromatic rings. The second kappa shape index (κ2) is 6.70. The van der Waals surface area contributed by atoms with Crippen molar-refractivity contribution in [2.75, 3.05) is 5.32 Å². The fourth-order valence-electron chi connectivity index (χ4n) is 1.82. The average Bonchev–Trinajstić information content (AvgIpc) is 2.90. The molecule has 1 amide bonds. The third-order valence-electron chi connectivity index (χ3n) is 2.87. The van der Waals surface area contributed by atoms with Crippen molar-refractivity contribution in [3.8, 4) is 5.75 Å². The van der Waals surface area contributed by atoms with Gasteiger partial charge >= 0.3 is 5.69 Å². The maximum absolute atomic E-state index is 12.2. The molecule has 1 aromatic heterocycles. The topological polar surface area (TPSA) is 108 Å². The van der Waals surface area contributed by atoms with Crippen molar-refractivity contribution in [2.45, 2.75) is 26.4 Å². The third kappa shape index (κ3) is 3.60. The lowest BCUT2D eigenvalue weighted by Crippen LogP contribution is -2.32. The minimum atomic E-state index is -0.877. The first kappa shape index (κ1) is 15.5. The minimum absolute atomic E-state index is 0.0471. The number of nitrogens with zero attached hydrogens (tertiary/aromatic N) is 2. The van der Waals surface area contributed by atoms with Crippen LogP contribution in [0.15, 0.2) is 34.9 Å². The van der Waals surface area contributed by atoms with E-state index in [-0.39, 0.29) is 17.3 Å². The highest BCUT2D eigenvalue weighted by Crippen LogP contribution is 2.27. The Morgan fingerprint density at radius 1 is 1.50 bits per heavy atom. The van der Waals surface area contributed by atoms with Crippen LogP contribution in [0, 0.1) is 17.0 Å². The molecular weight excluding hydrogens is 290 g/mol. The molecule has 0 aliphatic rings. The molecule has 1 aromatic carbocycles. The molecule has 0 radical (unpaired) electrons. The number of aryl methyl sites for hydroxylation is 1. The van der Waals surface area contributed by atoms with E-state index >= 15 is 0 Å². The number of para-hydroxylation sites is 2. The molecule has 2 rings (SSSR count). The lowest BCUT2D eigenvalue weighted by molar-refractivity contribution is -0.386. The van der Waals surface area contributed by atoms with Crippen LogP contribution in [-0.4, -0.2) is 22.1 Å². The largest absolute Gasteiger partial charge is 0.473 e. The number of nitrogens with one attached hydrogen (secondary N) is 1. The predicted octanol–water partition coefficient (Wildman–Crippen LogP) is 2.69. The molecule has 22 heavy (non-hydrogen) atoms. The molecule has 0 spiro atoms. The Balaban J connectivity index is 2.12. The van der Waals surface area contributed by atoms with Crippen LogP contribution in [0.5, 0.6) is 5.75 Å². The Morgan fingerprint density at radius 3 is 2.82 bits per heavy atom. The third-order valence-corrected chi connectivity index (χ3v) is 2.87. The zero-order valence-electron chi connectivity index (χ0n) is 12.1. The van der Waals surface area contributed by atoms with E-state index in [1.54, 1.807) is 26.0 Å². The molecule has 1 heterocycles. The highest BCUT2D eigenvalue weighted by Gasteiger charge is 2.23. The van der Waals surface area contributed by atoms with E-state index in [4.69, 9.17) is 9.26 Å². The first-order chi connectivity index (χ1) is 10.5. The summed E-state index contributed by atoms with van der Waals surface area (Å²) >= 11 is 0. The number of nitro benzene ring substituents is 1. The van der Waals surface area contributed by atoms with Gasteiger partial charge in [-0.05, 0) is 19.4 Å². The average molecular weight is 305 g/mol. The van der Waals surface area contributed by atoms with Crippen molar-refractivity contribution >= 4 is 17.4 Å². The van der Waals surface area contributed by atoms with E-state index in [9.17, 15) is 14.9 Å². The fourth-order valence-corrected chi connectivity index (χ4v) is 1.82. The van der Waals surface area contributed by atoms with Gasteiger partial charge in [-0.1, -0.05) is 24.2 Å². The summed E-state index contributed by atoms with van der Waals surface area (Å²) in [5.74, 6) is 0.426. The number of amides is 1. The maximum Gasteiger partial charge on any atom is 0.310 e. The first-order valence-electron chi connectivity index (χ1n) is 6.65. The normalized spacial score (nSPS) is 11.7. The molecule has 1 N–H and O–H groups in total. The lowest BCUT2D eigenvalue weighted by atomic mass is 10.2. The quantitative estimate of drug-likeness (QED) is 0.649. The summed E-state index contributed by atoms with van der Waals surface area (Å²) in [6.07, 6.45) is -0.535. The van der Waals surface area contributed by atoms with Crippen LogP contribution in [0.2, 0.25) is 0 Å². The summed E-state index contributed by atoms with van der Waals surface area (Å²) in [6.45, 7) is 3.44. The van der Waals surface area contributed by atoms with Gasteiger partial charge in [-0.15, -0.1) is 0 Å². The first-order valence-corrected chi connectivity index (χ1v) is 6.65. The standard InChI is InChI=1S/C14H15N3O5/c1-3-11(14(18)15-13-8-9(2)22-16-13)21-12-7-5-4-6-10(12)17(19)20/h4-8,11H,3H2,1-2H3,(H,15,16,18). The number of carbonyl (C=O) groups excluding carboxylic acids is 1. The van der Waals surface area contributed by atoms with Gasteiger partial charge in [0.25, 0.3) is 5.91 Å². The summed E-state index contributed by atoms with van der Waals surface area (Å²) in [7, 11) is 0. The van der Waals surface area contributed by atoms with E-state index in [2.05, 4.69) is 10.5 Å². The summed E-state index contributed by atoms with van der Waals surface area (Å²) in [5, 5.41) is 17.2. The maximum atomic E-state index is 12.2. The van der Waals surface area contributed by atoms with Crippen molar-refractivity contribution in [2.24, 2.45) is 0 Å². The number of carbonyl (C=O) groups is 1. The number of ether oxygens (including phenoxy) is 1. The smallest absolute Gasteiger partial charge is 0.310 e. The van der Waals surface area contributed by atoms with Gasteiger partial charge in [-0.2, -0.15) is 0 Å². The summed E-state index contributed by atoms with van der Waals surface area (Å²) in [5.41, 5.74) is -0.189. The zero-order valence-corrected chi connectivity index (χ0v) is 12.1. The van der Waals surface area contributed by atoms with Crippen molar-refractivity contribution in [3.05, 3.63) is 46.2 Å². The number of hydrogen-bond donors (Lipinski definition) is 1. The number of hydrogen-bond acceptors (Lipinski definition) is 6. The monoisotopic (exact) mass is 305 g/mol. The molecule has 0 aliphatic carbocycles. The van der Waals surface area contributed by atoms with Crippen molar-refractivity contribution in [3.63, 3.8) is 0 Å². The van der Waals surface area contributed by atoms with Gasteiger partial charge in [0.05, 0.1) is 4.92 Å². The van der Waals surface area contributed by atoms with Crippen molar-refractivity contribution < 1.29 is 19.0 Å². The highest BCUT2D eigenvalue weighted by atomic mass is 16.6. The molecule has 0 saturated carbocycles. The van der Waals surface area contributed by atoms with Gasteiger partial charge in [0.2, 0.25) is 0 Å². The van der Waals surface area contributed by atoms with Crippen LogP contribution in [-0.2, 0) is 4.79 Å². The lowest BCUT2D eigenvalue weighted by Gasteiger charge is -2.16. The fraction of sp³-hybridized carbons (Fsp3) is 0.286. The zero-order chi connectivity index (χ0) is 16.1. The highest BCUT2D eigenvalue weighted by molar-refractivity contribution is 5.93. The SMILES string of the molecule is CCC(Oc1ccccc1[N+](=O)[O-])C(=O)Nc1cc(C)on1. The van der Waals surface area contributed by atoms with E-state index in [1.807, 2.05) is 0 Å². The van der Waals surface area contributed by atoms with Crippen LogP contribution in [0.1, 0.15) is 19.1 Å². The Morgan fingerprint density at radius 2 is 2.23 bits per heavy atom. The van der Waals surface area contributed by atoms with Crippen LogP contribution in [0.4, 0.5) is 11.5 Å². The molecule has 116 valence electrons. The number of aromatic nitrogens is 1. The van der Waals surface area contributed by atoms with Crippen LogP contribution in [0.3, 0.4) is 0 Å². The van der Waals surface area contributed by atoms with Crippen LogP contribution < -0.4 is 10.1 Å². The minimum Gasteiger partial charge on any atom is -0.473 e. The van der Waals surface area contributed by atoms with E-state index in [1.165, 1.54) is 18.2 Å². The molecule has 1 unspecified atom stereocenters. The Bertz CT molecular complexity index is 683. The number of rotatable bonds is 6. The van der Waals surface area contributed by atoms with Crippen molar-refractivity contribution in [1.82, 2.24) is 5.16 Å². The summed E-state index contributed by atoms with van der Waals surface area (Å²) in [6, 6.07) is 7.48. The summed E-state index contributed by atoms with van der Waals surface area (Å²) in [4.78, 5) is 22.6.